The van der Waals surface area contributed by atoms with Crippen molar-refractivity contribution < 1.29 is 18.8 Å². The number of non-ortho nitro benzene ring substituents is 1. The quantitative estimate of drug-likeness (QED) is 0.644. The van der Waals surface area contributed by atoms with Gasteiger partial charge in [0.1, 0.15) is 6.61 Å². The van der Waals surface area contributed by atoms with Crippen LogP contribution in [-0.2, 0) is 4.79 Å². The second-order valence-corrected chi connectivity index (χ2v) is 4.64. The molecule has 20 heavy (non-hydrogen) atoms. The standard InChI is InChI=1S/C12H14FN3O4/c1-15-5-8(14-12(17)6-15)7-20-11-4-9(16(18)19)2-3-10(11)13/h2-4,8H,5-7H2,1H3,(H,14,17)/t8-/m0/s1. The van der Waals surface area contributed by atoms with E-state index in [0.29, 0.717) is 13.1 Å². The van der Waals surface area contributed by atoms with Crippen molar-refractivity contribution in [3.05, 3.63) is 34.1 Å². The minimum absolute atomic E-state index is 0.0498. The molecule has 1 aromatic rings. The van der Waals surface area contributed by atoms with Crippen LogP contribution in [0.4, 0.5) is 10.1 Å². The van der Waals surface area contributed by atoms with Gasteiger partial charge in [0.15, 0.2) is 11.6 Å². The van der Waals surface area contributed by atoms with Gasteiger partial charge in [0.25, 0.3) is 5.69 Å². The van der Waals surface area contributed by atoms with Crippen molar-refractivity contribution in [2.24, 2.45) is 0 Å². The fourth-order valence-corrected chi connectivity index (χ4v) is 2.01. The molecule has 1 aromatic carbocycles. The molecule has 1 atom stereocenters. The fourth-order valence-electron chi connectivity index (χ4n) is 2.01. The van der Waals surface area contributed by atoms with E-state index >= 15 is 0 Å². The number of nitro benzene ring substituents is 1. The number of nitro groups is 1. The van der Waals surface area contributed by atoms with Gasteiger partial charge >= 0.3 is 0 Å². The number of rotatable bonds is 4. The predicted octanol–water partition coefficient (Wildman–Crippen LogP) is 0.543. The zero-order valence-corrected chi connectivity index (χ0v) is 10.8. The Morgan fingerprint density at radius 1 is 1.60 bits per heavy atom. The molecular weight excluding hydrogens is 269 g/mol. The minimum Gasteiger partial charge on any atom is -0.488 e. The van der Waals surface area contributed by atoms with Crippen molar-refractivity contribution in [3.63, 3.8) is 0 Å². The van der Waals surface area contributed by atoms with E-state index in [9.17, 15) is 19.3 Å². The number of amides is 1. The van der Waals surface area contributed by atoms with Crippen molar-refractivity contribution in [1.29, 1.82) is 0 Å². The Kier molecular flexibility index (Phi) is 4.14. The average molecular weight is 283 g/mol. The van der Waals surface area contributed by atoms with Crippen molar-refractivity contribution in [1.82, 2.24) is 10.2 Å². The summed E-state index contributed by atoms with van der Waals surface area (Å²) < 4.78 is 18.7. The molecule has 0 radical (unpaired) electrons. The molecule has 1 aliphatic rings. The summed E-state index contributed by atoms with van der Waals surface area (Å²) in [5, 5.41) is 13.3. The Hall–Kier alpha value is -2.22. The van der Waals surface area contributed by atoms with Crippen LogP contribution >= 0.6 is 0 Å². The Labute approximate surface area is 114 Å². The number of ether oxygens (including phenoxy) is 1. The first-order valence-corrected chi connectivity index (χ1v) is 6.00. The smallest absolute Gasteiger partial charge is 0.273 e. The average Bonchev–Trinajstić information content (AvgIpc) is 2.36. The van der Waals surface area contributed by atoms with Gasteiger partial charge in [-0.1, -0.05) is 0 Å². The Morgan fingerprint density at radius 3 is 3.00 bits per heavy atom. The highest BCUT2D eigenvalue weighted by molar-refractivity contribution is 5.79. The second kappa shape index (κ2) is 5.83. The summed E-state index contributed by atoms with van der Waals surface area (Å²) in [7, 11) is 1.79. The molecule has 0 bridgehead atoms. The number of halogens is 1. The summed E-state index contributed by atoms with van der Waals surface area (Å²) in [4.78, 5) is 23.1. The van der Waals surface area contributed by atoms with E-state index in [1.807, 2.05) is 4.90 Å². The van der Waals surface area contributed by atoms with Crippen LogP contribution in [0.15, 0.2) is 18.2 Å². The van der Waals surface area contributed by atoms with Crippen LogP contribution in [0.2, 0.25) is 0 Å². The van der Waals surface area contributed by atoms with Gasteiger partial charge in [-0.2, -0.15) is 0 Å². The predicted molar refractivity (Wildman–Crippen MR) is 68.0 cm³/mol. The molecule has 1 aliphatic heterocycles. The molecule has 0 aliphatic carbocycles. The molecule has 8 heteroatoms. The number of carbonyl (C=O) groups excluding carboxylic acids is 1. The number of hydrogen-bond donors (Lipinski definition) is 1. The van der Waals surface area contributed by atoms with E-state index in [1.54, 1.807) is 7.05 Å². The number of nitrogens with zero attached hydrogens (tertiary/aromatic N) is 2. The van der Waals surface area contributed by atoms with E-state index in [1.165, 1.54) is 0 Å². The zero-order valence-electron chi connectivity index (χ0n) is 10.8. The van der Waals surface area contributed by atoms with Gasteiger partial charge in [0.2, 0.25) is 5.91 Å². The number of carbonyl (C=O) groups is 1. The molecule has 1 N–H and O–H groups in total. The van der Waals surface area contributed by atoms with Crippen LogP contribution in [0.1, 0.15) is 0 Å². The summed E-state index contributed by atoms with van der Waals surface area (Å²) in [5.41, 5.74) is -0.244. The normalized spacial score (nSPS) is 19.5. The van der Waals surface area contributed by atoms with Crippen LogP contribution in [0.25, 0.3) is 0 Å². The summed E-state index contributed by atoms with van der Waals surface area (Å²) >= 11 is 0. The molecule has 7 nitrogen and oxygen atoms in total. The largest absolute Gasteiger partial charge is 0.488 e. The fraction of sp³-hybridized carbons (Fsp3) is 0.417. The van der Waals surface area contributed by atoms with E-state index in [2.05, 4.69) is 5.32 Å². The van der Waals surface area contributed by atoms with Crippen molar-refractivity contribution >= 4 is 11.6 Å². The van der Waals surface area contributed by atoms with E-state index in [-0.39, 0.29) is 30.0 Å². The van der Waals surface area contributed by atoms with Gasteiger partial charge in [-0.25, -0.2) is 4.39 Å². The van der Waals surface area contributed by atoms with E-state index in [4.69, 9.17) is 4.74 Å². The Balaban J connectivity index is 2.01. The number of hydrogen-bond acceptors (Lipinski definition) is 5. The highest BCUT2D eigenvalue weighted by Crippen LogP contribution is 2.23. The number of piperazine rings is 1. The first-order chi connectivity index (χ1) is 9.45. The molecule has 0 saturated carbocycles. The number of benzene rings is 1. The third-order valence-electron chi connectivity index (χ3n) is 2.88. The lowest BCUT2D eigenvalue weighted by molar-refractivity contribution is -0.385. The molecule has 2 rings (SSSR count). The third-order valence-corrected chi connectivity index (χ3v) is 2.88. The monoisotopic (exact) mass is 283 g/mol. The molecular formula is C12H14FN3O4. The van der Waals surface area contributed by atoms with Crippen LogP contribution < -0.4 is 10.1 Å². The number of nitrogens with one attached hydrogen (secondary N) is 1. The summed E-state index contributed by atoms with van der Waals surface area (Å²) in [6.45, 7) is 0.929. The highest BCUT2D eigenvalue weighted by atomic mass is 19.1. The molecule has 1 heterocycles. The topological polar surface area (TPSA) is 84.7 Å². The van der Waals surface area contributed by atoms with Crippen LogP contribution in [-0.4, -0.2) is 48.5 Å². The first kappa shape index (κ1) is 14.2. The molecule has 0 unspecified atom stereocenters. The van der Waals surface area contributed by atoms with Crippen LogP contribution in [0.3, 0.4) is 0 Å². The molecule has 1 amide bonds. The Morgan fingerprint density at radius 2 is 2.35 bits per heavy atom. The second-order valence-electron chi connectivity index (χ2n) is 4.64. The lowest BCUT2D eigenvalue weighted by Crippen LogP contribution is -2.54. The van der Waals surface area contributed by atoms with Gasteiger partial charge in [0.05, 0.1) is 23.6 Å². The maximum atomic E-state index is 13.5. The maximum absolute atomic E-state index is 13.5. The highest BCUT2D eigenvalue weighted by Gasteiger charge is 2.23. The maximum Gasteiger partial charge on any atom is 0.273 e. The van der Waals surface area contributed by atoms with Crippen molar-refractivity contribution in [2.45, 2.75) is 6.04 Å². The van der Waals surface area contributed by atoms with E-state index in [0.717, 1.165) is 18.2 Å². The number of likely N-dealkylation sites (N-methyl/N-ethyl adjacent to an activating group) is 1. The van der Waals surface area contributed by atoms with Crippen LogP contribution in [0.5, 0.6) is 5.75 Å². The van der Waals surface area contributed by atoms with Gasteiger partial charge in [-0.3, -0.25) is 19.8 Å². The first-order valence-electron chi connectivity index (χ1n) is 6.00. The van der Waals surface area contributed by atoms with Crippen molar-refractivity contribution in [2.75, 3.05) is 26.7 Å². The molecule has 0 spiro atoms. The summed E-state index contributed by atoms with van der Waals surface area (Å²) in [5.74, 6) is -1.00. The van der Waals surface area contributed by atoms with Gasteiger partial charge in [0, 0.05) is 12.6 Å². The molecule has 108 valence electrons. The lowest BCUT2D eigenvalue weighted by Gasteiger charge is -2.30. The summed E-state index contributed by atoms with van der Waals surface area (Å²) in [6, 6.07) is 2.81. The van der Waals surface area contributed by atoms with E-state index < -0.39 is 10.7 Å². The minimum atomic E-state index is -0.675. The van der Waals surface area contributed by atoms with Crippen molar-refractivity contribution in [3.8, 4) is 5.75 Å². The van der Waals surface area contributed by atoms with Gasteiger partial charge in [-0.15, -0.1) is 0 Å². The van der Waals surface area contributed by atoms with Crippen LogP contribution in [0, 0.1) is 15.9 Å². The SMILES string of the molecule is CN1CC(=O)N[C@H](COc2cc([N+](=O)[O-])ccc2F)C1. The molecule has 0 aromatic heterocycles. The third kappa shape index (κ3) is 3.41. The summed E-state index contributed by atoms with van der Waals surface area (Å²) in [6.07, 6.45) is 0. The molecule has 1 fully saturated rings. The Bertz CT molecular complexity index is 537. The van der Waals surface area contributed by atoms with Gasteiger partial charge < -0.3 is 10.1 Å². The lowest BCUT2D eigenvalue weighted by atomic mass is 10.2. The van der Waals surface area contributed by atoms with Gasteiger partial charge in [-0.05, 0) is 13.1 Å². The molecule has 1 saturated heterocycles. The zero-order chi connectivity index (χ0) is 14.7.